The number of rotatable bonds is 5. The fourth-order valence-corrected chi connectivity index (χ4v) is 8.95. The van der Waals surface area contributed by atoms with Gasteiger partial charge in [0, 0.05) is 44.5 Å². The number of aromatic nitrogens is 2. The summed E-state index contributed by atoms with van der Waals surface area (Å²) < 4.78 is 3.60. The first-order chi connectivity index (χ1) is 24.5. The highest BCUT2D eigenvalue weighted by Crippen LogP contribution is 2.51. The van der Waals surface area contributed by atoms with Crippen LogP contribution in [0.4, 0.5) is 17.1 Å². The maximum atomic E-state index is 4.94. The highest BCUT2D eigenvalue weighted by molar-refractivity contribution is 7.21. The van der Waals surface area contributed by atoms with Gasteiger partial charge in [-0.3, -0.25) is 0 Å². The summed E-state index contributed by atoms with van der Waals surface area (Å²) in [5.74, 6) is 0. The Kier molecular flexibility index (Phi) is 6.39. The topological polar surface area (TPSA) is 21.1 Å². The van der Waals surface area contributed by atoms with Crippen molar-refractivity contribution in [3.63, 3.8) is 0 Å². The number of thiazole rings is 1. The smallest absolute Gasteiger partial charge is 0.124 e. The molecule has 0 saturated carbocycles. The summed E-state index contributed by atoms with van der Waals surface area (Å²) in [6.07, 6.45) is 0. The molecule has 0 amide bonds. The van der Waals surface area contributed by atoms with Gasteiger partial charge in [-0.15, -0.1) is 11.3 Å². The van der Waals surface area contributed by atoms with Crippen molar-refractivity contribution < 1.29 is 0 Å². The average molecular weight is 660 g/mol. The van der Waals surface area contributed by atoms with Crippen molar-refractivity contribution in [1.82, 2.24) is 9.55 Å². The van der Waals surface area contributed by atoms with Crippen molar-refractivity contribution in [3.05, 3.63) is 175 Å². The number of benzene rings is 7. The molecule has 0 atom stereocenters. The van der Waals surface area contributed by atoms with E-state index >= 15 is 0 Å². The van der Waals surface area contributed by atoms with Crippen LogP contribution in [-0.4, -0.2) is 9.55 Å². The predicted molar refractivity (Wildman–Crippen MR) is 212 cm³/mol. The van der Waals surface area contributed by atoms with Gasteiger partial charge < -0.3 is 9.47 Å². The third-order valence-electron chi connectivity index (χ3n) is 10.4. The number of hydrogen-bond acceptors (Lipinski definition) is 3. The van der Waals surface area contributed by atoms with Crippen LogP contribution in [0, 0.1) is 0 Å². The maximum absolute atomic E-state index is 4.94. The lowest BCUT2D eigenvalue weighted by atomic mass is 9.82. The molecular formula is C46H33N3S. The Hall–Kier alpha value is -5.97. The van der Waals surface area contributed by atoms with Crippen LogP contribution in [-0.2, 0) is 5.41 Å². The summed E-state index contributed by atoms with van der Waals surface area (Å²) in [4.78, 5) is 7.36. The normalized spacial score (nSPS) is 13.2. The van der Waals surface area contributed by atoms with Crippen LogP contribution >= 0.6 is 11.3 Å². The number of hydrogen-bond donors (Lipinski definition) is 0. The molecule has 7 aromatic carbocycles. The van der Waals surface area contributed by atoms with Crippen LogP contribution < -0.4 is 4.90 Å². The molecule has 3 nitrogen and oxygen atoms in total. The van der Waals surface area contributed by atoms with Crippen molar-refractivity contribution in [3.8, 4) is 27.4 Å². The Bertz CT molecular complexity index is 2700. The van der Waals surface area contributed by atoms with Gasteiger partial charge in [-0.05, 0) is 101 Å². The molecule has 4 heteroatoms. The highest BCUT2D eigenvalue weighted by Gasteiger charge is 2.35. The Morgan fingerprint density at radius 3 is 2.06 bits per heavy atom. The van der Waals surface area contributed by atoms with Gasteiger partial charge in [0.1, 0.15) is 5.01 Å². The van der Waals surface area contributed by atoms with E-state index in [1.165, 1.54) is 48.8 Å². The number of fused-ring (bicyclic) bond motifs is 7. The van der Waals surface area contributed by atoms with E-state index in [1.807, 2.05) is 0 Å². The van der Waals surface area contributed by atoms with Gasteiger partial charge in [-0.1, -0.05) is 98.8 Å². The number of para-hydroxylation sites is 3. The molecule has 0 aliphatic heterocycles. The molecule has 10 rings (SSSR count). The molecule has 0 bridgehead atoms. The lowest BCUT2D eigenvalue weighted by Gasteiger charge is -2.28. The summed E-state index contributed by atoms with van der Waals surface area (Å²) in [5, 5.41) is 3.53. The molecule has 0 saturated heterocycles. The van der Waals surface area contributed by atoms with E-state index in [2.05, 4.69) is 187 Å². The Morgan fingerprint density at radius 2 is 1.20 bits per heavy atom. The van der Waals surface area contributed by atoms with E-state index < -0.39 is 0 Å². The molecule has 1 aliphatic carbocycles. The van der Waals surface area contributed by atoms with Gasteiger partial charge in [0.2, 0.25) is 0 Å². The Morgan fingerprint density at radius 1 is 0.540 bits per heavy atom. The fourth-order valence-electron chi connectivity index (χ4n) is 7.98. The summed E-state index contributed by atoms with van der Waals surface area (Å²) in [5.41, 5.74) is 14.3. The summed E-state index contributed by atoms with van der Waals surface area (Å²) in [7, 11) is 0. The van der Waals surface area contributed by atoms with E-state index in [4.69, 9.17) is 4.98 Å². The lowest BCUT2D eigenvalue weighted by Crippen LogP contribution is -2.16. The monoisotopic (exact) mass is 659 g/mol. The molecule has 1 aliphatic rings. The summed E-state index contributed by atoms with van der Waals surface area (Å²) in [6, 6.07) is 59.5. The van der Waals surface area contributed by atoms with Crippen LogP contribution in [0.1, 0.15) is 25.0 Å². The molecule has 0 N–H and O–H groups in total. The third kappa shape index (κ3) is 4.38. The first-order valence-corrected chi connectivity index (χ1v) is 18.0. The molecule has 9 aromatic rings. The van der Waals surface area contributed by atoms with Crippen LogP contribution in [0.25, 0.3) is 59.4 Å². The number of nitrogens with zero attached hydrogens (tertiary/aromatic N) is 3. The molecule has 0 unspecified atom stereocenters. The van der Waals surface area contributed by atoms with Gasteiger partial charge >= 0.3 is 0 Å². The molecule has 0 radical (unpaired) electrons. The minimum absolute atomic E-state index is 0.103. The SMILES string of the molecule is CC1(C)c2ccccc2-c2ccc(N(c3ccc(-c4nc5ccccc5s4)cc3)c3ccc4c5ccccc5n(-c5ccccc5)c4c3)cc21. The second-order valence-electron chi connectivity index (χ2n) is 13.7. The van der Waals surface area contributed by atoms with Gasteiger partial charge in [-0.25, -0.2) is 4.98 Å². The van der Waals surface area contributed by atoms with Crippen LogP contribution in [0.5, 0.6) is 0 Å². The summed E-state index contributed by atoms with van der Waals surface area (Å²) >= 11 is 1.74. The lowest BCUT2D eigenvalue weighted by molar-refractivity contribution is 0.660. The Labute approximate surface area is 295 Å². The summed E-state index contributed by atoms with van der Waals surface area (Å²) in [6.45, 7) is 4.70. The van der Waals surface area contributed by atoms with E-state index in [9.17, 15) is 0 Å². The van der Waals surface area contributed by atoms with E-state index in [0.717, 1.165) is 38.8 Å². The van der Waals surface area contributed by atoms with Crippen LogP contribution in [0.15, 0.2) is 164 Å². The van der Waals surface area contributed by atoms with Crippen LogP contribution in [0.3, 0.4) is 0 Å². The molecule has 238 valence electrons. The fraction of sp³-hybridized carbons (Fsp3) is 0.0652. The molecule has 50 heavy (non-hydrogen) atoms. The van der Waals surface area contributed by atoms with Gasteiger partial charge in [-0.2, -0.15) is 0 Å². The van der Waals surface area contributed by atoms with Crippen molar-refractivity contribution >= 4 is 60.4 Å². The third-order valence-corrected chi connectivity index (χ3v) is 11.5. The molecule has 2 heterocycles. The van der Waals surface area contributed by atoms with Crippen molar-refractivity contribution in [1.29, 1.82) is 0 Å². The highest BCUT2D eigenvalue weighted by atomic mass is 32.1. The maximum Gasteiger partial charge on any atom is 0.124 e. The zero-order valence-electron chi connectivity index (χ0n) is 27.8. The minimum atomic E-state index is -0.103. The minimum Gasteiger partial charge on any atom is -0.310 e. The zero-order valence-corrected chi connectivity index (χ0v) is 28.7. The quantitative estimate of drug-likeness (QED) is 0.183. The average Bonchev–Trinajstić information content (AvgIpc) is 3.81. The van der Waals surface area contributed by atoms with Crippen molar-refractivity contribution in [2.45, 2.75) is 19.3 Å². The van der Waals surface area contributed by atoms with Gasteiger partial charge in [0.05, 0.1) is 21.3 Å². The van der Waals surface area contributed by atoms with E-state index in [0.29, 0.717) is 0 Å². The molecular weight excluding hydrogens is 627 g/mol. The number of anilines is 3. The molecule has 2 aromatic heterocycles. The van der Waals surface area contributed by atoms with E-state index in [-0.39, 0.29) is 5.41 Å². The second-order valence-corrected chi connectivity index (χ2v) is 14.7. The van der Waals surface area contributed by atoms with Crippen molar-refractivity contribution in [2.75, 3.05) is 4.90 Å². The first-order valence-electron chi connectivity index (χ1n) is 17.1. The van der Waals surface area contributed by atoms with Gasteiger partial charge in [0.15, 0.2) is 0 Å². The zero-order chi connectivity index (χ0) is 33.4. The second kappa shape index (κ2) is 11.0. The predicted octanol–water partition coefficient (Wildman–Crippen LogP) is 12.8. The van der Waals surface area contributed by atoms with Gasteiger partial charge in [0.25, 0.3) is 0 Å². The van der Waals surface area contributed by atoms with Crippen LogP contribution in [0.2, 0.25) is 0 Å². The Balaban J connectivity index is 1.17. The van der Waals surface area contributed by atoms with E-state index in [1.54, 1.807) is 11.3 Å². The molecule has 0 spiro atoms. The largest absolute Gasteiger partial charge is 0.310 e. The molecule has 0 fully saturated rings. The first kappa shape index (κ1) is 29.0. The standard InChI is InChI=1S/C46H33N3S/c1-46(2)39-16-8-6-14-35(39)36-26-24-33(28-40(36)46)48(32-22-20-30(21-23-32)45-47-41-17-9-11-19-44(41)50-45)34-25-27-38-37-15-7-10-18-42(37)49(43(38)29-34)31-12-4-3-5-13-31/h3-29H,1-2H3. The van der Waals surface area contributed by atoms with Crippen molar-refractivity contribution in [2.24, 2.45) is 0 Å².